The first-order valence-corrected chi connectivity index (χ1v) is 6.54. The van der Waals surface area contributed by atoms with Crippen LogP contribution in [0.3, 0.4) is 0 Å². The monoisotopic (exact) mass is 268 g/mol. The van der Waals surface area contributed by atoms with Crippen molar-refractivity contribution in [2.24, 2.45) is 17.3 Å². The topological polar surface area (TPSA) is 77.9 Å². The SMILES string of the molecule is CC(=O)N1CCN(C(=O)C2C(C(=O)O)C2(C)C)CC1. The molecule has 1 heterocycles. The Hall–Kier alpha value is -1.59. The molecule has 2 unspecified atom stereocenters. The fraction of sp³-hybridized carbons (Fsp3) is 0.769. The first kappa shape index (κ1) is 13.8. The third-order valence-corrected chi connectivity index (χ3v) is 4.40. The van der Waals surface area contributed by atoms with Gasteiger partial charge in [-0.15, -0.1) is 0 Å². The summed E-state index contributed by atoms with van der Waals surface area (Å²) in [5.41, 5.74) is -0.458. The van der Waals surface area contributed by atoms with Gasteiger partial charge in [-0.1, -0.05) is 13.8 Å². The Kier molecular flexibility index (Phi) is 3.28. The number of nitrogens with zero attached hydrogens (tertiary/aromatic N) is 2. The molecule has 0 spiro atoms. The average Bonchev–Trinajstić information content (AvgIpc) is 2.91. The summed E-state index contributed by atoms with van der Waals surface area (Å²) in [7, 11) is 0. The third kappa shape index (κ3) is 2.31. The molecule has 1 N–H and O–H groups in total. The molecule has 2 aliphatic rings. The number of hydrogen-bond donors (Lipinski definition) is 1. The summed E-state index contributed by atoms with van der Waals surface area (Å²) in [6.07, 6.45) is 0. The molecule has 2 atom stereocenters. The van der Waals surface area contributed by atoms with Gasteiger partial charge in [0, 0.05) is 33.1 Å². The second kappa shape index (κ2) is 4.51. The highest BCUT2D eigenvalue weighted by atomic mass is 16.4. The van der Waals surface area contributed by atoms with Crippen molar-refractivity contribution in [1.82, 2.24) is 9.80 Å². The molecule has 1 saturated carbocycles. The number of carbonyl (C=O) groups is 3. The van der Waals surface area contributed by atoms with Crippen LogP contribution in [-0.2, 0) is 14.4 Å². The summed E-state index contributed by atoms with van der Waals surface area (Å²) in [6, 6.07) is 0. The van der Waals surface area contributed by atoms with Crippen molar-refractivity contribution in [1.29, 1.82) is 0 Å². The molecule has 19 heavy (non-hydrogen) atoms. The van der Waals surface area contributed by atoms with E-state index in [9.17, 15) is 14.4 Å². The van der Waals surface area contributed by atoms with Gasteiger partial charge in [-0.25, -0.2) is 0 Å². The first-order valence-electron chi connectivity index (χ1n) is 6.54. The van der Waals surface area contributed by atoms with Gasteiger partial charge in [-0.3, -0.25) is 14.4 Å². The van der Waals surface area contributed by atoms with Gasteiger partial charge >= 0.3 is 5.97 Å². The van der Waals surface area contributed by atoms with Crippen LogP contribution in [0.2, 0.25) is 0 Å². The molecule has 0 aromatic heterocycles. The smallest absolute Gasteiger partial charge is 0.307 e. The predicted molar refractivity (Wildman–Crippen MR) is 67.2 cm³/mol. The number of amides is 2. The zero-order valence-electron chi connectivity index (χ0n) is 11.5. The maximum atomic E-state index is 12.3. The highest BCUT2D eigenvalue weighted by molar-refractivity contribution is 5.91. The molecule has 2 fully saturated rings. The second-order valence-electron chi connectivity index (χ2n) is 5.95. The molecule has 0 radical (unpaired) electrons. The van der Waals surface area contributed by atoms with Crippen molar-refractivity contribution in [3.05, 3.63) is 0 Å². The third-order valence-electron chi connectivity index (χ3n) is 4.40. The van der Waals surface area contributed by atoms with Gasteiger partial charge in [0.2, 0.25) is 11.8 Å². The lowest BCUT2D eigenvalue weighted by Gasteiger charge is -2.34. The molecule has 6 heteroatoms. The quantitative estimate of drug-likeness (QED) is 0.766. The van der Waals surface area contributed by atoms with E-state index in [1.807, 2.05) is 13.8 Å². The van der Waals surface area contributed by atoms with Crippen LogP contribution in [-0.4, -0.2) is 58.9 Å². The zero-order valence-corrected chi connectivity index (χ0v) is 11.5. The summed E-state index contributed by atoms with van der Waals surface area (Å²) in [6.45, 7) is 7.22. The Morgan fingerprint density at radius 3 is 1.84 bits per heavy atom. The van der Waals surface area contributed by atoms with Crippen molar-refractivity contribution in [3.8, 4) is 0 Å². The van der Waals surface area contributed by atoms with E-state index in [0.29, 0.717) is 26.2 Å². The van der Waals surface area contributed by atoms with E-state index in [1.54, 1.807) is 9.80 Å². The summed E-state index contributed by atoms with van der Waals surface area (Å²) in [5, 5.41) is 9.10. The van der Waals surface area contributed by atoms with Crippen LogP contribution >= 0.6 is 0 Å². The first-order chi connectivity index (χ1) is 8.76. The van der Waals surface area contributed by atoms with Crippen LogP contribution in [0.5, 0.6) is 0 Å². The summed E-state index contributed by atoms with van der Waals surface area (Å²) in [5.74, 6) is -1.96. The van der Waals surface area contributed by atoms with E-state index >= 15 is 0 Å². The van der Waals surface area contributed by atoms with Crippen molar-refractivity contribution in [2.75, 3.05) is 26.2 Å². The number of carbonyl (C=O) groups excluding carboxylic acids is 2. The minimum absolute atomic E-state index is 0.0160. The maximum Gasteiger partial charge on any atom is 0.307 e. The fourth-order valence-corrected chi connectivity index (χ4v) is 3.00. The minimum atomic E-state index is -0.897. The van der Waals surface area contributed by atoms with Crippen molar-refractivity contribution in [2.45, 2.75) is 20.8 Å². The largest absolute Gasteiger partial charge is 0.481 e. The number of carboxylic acids is 1. The molecule has 106 valence electrons. The van der Waals surface area contributed by atoms with Gasteiger partial charge in [-0.05, 0) is 5.41 Å². The molecule has 1 aliphatic heterocycles. The molecule has 0 aromatic rings. The number of rotatable bonds is 2. The molecular formula is C13H20N2O4. The van der Waals surface area contributed by atoms with Gasteiger partial charge in [0.15, 0.2) is 0 Å². The van der Waals surface area contributed by atoms with Crippen molar-refractivity contribution >= 4 is 17.8 Å². The molecule has 0 aromatic carbocycles. The molecule has 2 rings (SSSR count). The number of piperazine rings is 1. The Morgan fingerprint density at radius 1 is 1.00 bits per heavy atom. The van der Waals surface area contributed by atoms with Gasteiger partial charge in [0.25, 0.3) is 0 Å². The number of hydrogen-bond acceptors (Lipinski definition) is 3. The van der Waals surface area contributed by atoms with Crippen LogP contribution in [0, 0.1) is 17.3 Å². The van der Waals surface area contributed by atoms with Crippen molar-refractivity contribution < 1.29 is 19.5 Å². The molecule has 1 aliphatic carbocycles. The maximum absolute atomic E-state index is 12.3. The molecule has 0 bridgehead atoms. The Bertz CT molecular complexity index is 424. The normalized spacial score (nSPS) is 29.0. The van der Waals surface area contributed by atoms with E-state index in [0.717, 1.165) is 0 Å². The Balaban J connectivity index is 1.96. The molecular weight excluding hydrogens is 248 g/mol. The highest BCUT2D eigenvalue weighted by Gasteiger charge is 2.66. The minimum Gasteiger partial charge on any atom is -0.481 e. The summed E-state index contributed by atoms with van der Waals surface area (Å²) in [4.78, 5) is 38.0. The Morgan fingerprint density at radius 2 is 1.47 bits per heavy atom. The molecule has 2 amide bonds. The summed E-state index contributed by atoms with van der Waals surface area (Å²) >= 11 is 0. The predicted octanol–water partition coefficient (Wildman–Crippen LogP) is 0.0339. The van der Waals surface area contributed by atoms with Crippen LogP contribution in [0.1, 0.15) is 20.8 Å². The van der Waals surface area contributed by atoms with Gasteiger partial charge in [-0.2, -0.15) is 0 Å². The van der Waals surface area contributed by atoms with Crippen LogP contribution < -0.4 is 0 Å². The highest BCUT2D eigenvalue weighted by Crippen LogP contribution is 2.59. The van der Waals surface area contributed by atoms with Crippen LogP contribution in [0.25, 0.3) is 0 Å². The van der Waals surface area contributed by atoms with Crippen LogP contribution in [0.4, 0.5) is 0 Å². The number of carboxylic acid groups (broad SMARTS) is 1. The van der Waals surface area contributed by atoms with E-state index in [1.165, 1.54) is 6.92 Å². The number of aliphatic carboxylic acids is 1. The molecule has 1 saturated heterocycles. The second-order valence-corrected chi connectivity index (χ2v) is 5.95. The lowest BCUT2D eigenvalue weighted by atomic mass is 10.1. The van der Waals surface area contributed by atoms with Gasteiger partial charge in [0.1, 0.15) is 0 Å². The average molecular weight is 268 g/mol. The van der Waals surface area contributed by atoms with E-state index < -0.39 is 23.2 Å². The lowest BCUT2D eigenvalue weighted by Crippen LogP contribution is -2.50. The summed E-state index contributed by atoms with van der Waals surface area (Å²) < 4.78 is 0. The zero-order chi connectivity index (χ0) is 14.4. The molecule has 6 nitrogen and oxygen atoms in total. The van der Waals surface area contributed by atoms with Crippen molar-refractivity contribution in [3.63, 3.8) is 0 Å². The van der Waals surface area contributed by atoms with E-state index in [4.69, 9.17) is 5.11 Å². The van der Waals surface area contributed by atoms with Crippen LogP contribution in [0.15, 0.2) is 0 Å². The van der Waals surface area contributed by atoms with E-state index in [-0.39, 0.29) is 11.8 Å². The van der Waals surface area contributed by atoms with E-state index in [2.05, 4.69) is 0 Å². The lowest BCUT2D eigenvalue weighted by molar-refractivity contribution is -0.143. The Labute approximate surface area is 112 Å². The fourth-order valence-electron chi connectivity index (χ4n) is 3.00. The van der Waals surface area contributed by atoms with Gasteiger partial charge < -0.3 is 14.9 Å². The van der Waals surface area contributed by atoms with Gasteiger partial charge in [0.05, 0.1) is 11.8 Å². The standard InChI is InChI=1S/C13H20N2O4/c1-8(16)14-4-6-15(7-5-14)11(17)9-10(12(18)19)13(9,2)3/h9-10H,4-7H2,1-3H3,(H,18,19).